The lowest BCUT2D eigenvalue weighted by molar-refractivity contribution is -0.00426. The topological polar surface area (TPSA) is 63.7 Å². The summed E-state index contributed by atoms with van der Waals surface area (Å²) in [4.78, 5) is 12.7. The van der Waals surface area contributed by atoms with Crippen molar-refractivity contribution >= 4 is 15.9 Å². The van der Waals surface area contributed by atoms with Gasteiger partial charge in [0.1, 0.15) is 5.60 Å². The molecule has 5 nitrogen and oxygen atoms in total. The Bertz CT molecular complexity index is 401. The largest absolute Gasteiger partial charge is 0.442 e. The van der Waals surface area contributed by atoms with Gasteiger partial charge in [-0.1, -0.05) is 0 Å². The number of carbonyl (C=O) groups is 1. The molecule has 2 fully saturated rings. The maximum Gasteiger partial charge on any atom is 0.410 e. The van der Waals surface area contributed by atoms with Crippen LogP contribution in [-0.4, -0.2) is 49.6 Å². The van der Waals surface area contributed by atoms with Crippen LogP contribution in [0.4, 0.5) is 4.79 Å². The first-order chi connectivity index (χ1) is 7.11. The second-order valence-corrected chi connectivity index (χ2v) is 6.67. The van der Waals surface area contributed by atoms with Crippen LogP contribution in [0.1, 0.15) is 0 Å². The van der Waals surface area contributed by atoms with Gasteiger partial charge < -0.3 is 9.64 Å². The van der Waals surface area contributed by atoms with Crippen molar-refractivity contribution in [3.63, 3.8) is 0 Å². The lowest BCUT2D eigenvalue weighted by atomic mass is 9.83. The fraction of sp³-hybridized carbons (Fsp3) is 0.600. The molecule has 6 radical (unpaired) electrons. The van der Waals surface area contributed by atoms with Gasteiger partial charge in [0.2, 0.25) is 0 Å². The van der Waals surface area contributed by atoms with Gasteiger partial charge in [0, 0.05) is 39.3 Å². The third-order valence-electron chi connectivity index (χ3n) is 2.63. The van der Waals surface area contributed by atoms with E-state index in [1.165, 1.54) is 4.90 Å². The molecule has 0 bridgehead atoms. The van der Waals surface area contributed by atoms with Crippen LogP contribution in [0.5, 0.6) is 0 Å². The molecule has 0 unspecified atom stereocenters. The molecule has 2 heterocycles. The number of nitrogens with zero attached hydrogens (tertiary/aromatic N) is 1. The number of hydrogen-bond donors (Lipinski definition) is 0. The van der Waals surface area contributed by atoms with Crippen molar-refractivity contribution in [1.82, 2.24) is 4.90 Å². The molecule has 0 N–H and O–H groups in total. The number of amides is 1. The first kappa shape index (κ1) is 11.7. The van der Waals surface area contributed by atoms with Crippen molar-refractivity contribution in [1.29, 1.82) is 0 Å². The normalized spacial score (nSPS) is 25.8. The summed E-state index contributed by atoms with van der Waals surface area (Å²) < 4.78 is 26.5. The molecule has 2 aliphatic rings. The van der Waals surface area contributed by atoms with Crippen molar-refractivity contribution in [3.8, 4) is 0 Å². The van der Waals surface area contributed by atoms with E-state index >= 15 is 0 Å². The van der Waals surface area contributed by atoms with Crippen molar-refractivity contribution in [2.45, 2.75) is 5.60 Å². The van der Waals surface area contributed by atoms with Gasteiger partial charge in [-0.2, -0.15) is 0 Å². The second kappa shape index (κ2) is 3.12. The first-order valence-corrected chi connectivity index (χ1v) is 6.48. The molecule has 0 aliphatic carbocycles. The lowest BCUT2D eigenvalue weighted by Gasteiger charge is -2.54. The molecule has 2 aliphatic heterocycles. The Labute approximate surface area is 95.7 Å². The minimum atomic E-state index is -2.89. The smallest absolute Gasteiger partial charge is 0.410 e. The van der Waals surface area contributed by atoms with E-state index in [0.29, 0.717) is 13.1 Å². The van der Waals surface area contributed by atoms with Gasteiger partial charge in [-0.05, 0) is 0 Å². The van der Waals surface area contributed by atoms with E-state index in [-0.39, 0.29) is 16.9 Å². The summed E-state index contributed by atoms with van der Waals surface area (Å²) in [5.74, 6) is 0.256. The summed E-state index contributed by atoms with van der Waals surface area (Å²) >= 11 is 0. The van der Waals surface area contributed by atoms with E-state index in [1.54, 1.807) is 0 Å². The van der Waals surface area contributed by atoms with Crippen molar-refractivity contribution < 1.29 is 17.9 Å². The molecule has 1 amide bonds. The second-order valence-electron chi connectivity index (χ2n) is 4.61. The van der Waals surface area contributed by atoms with Gasteiger partial charge >= 0.3 is 6.09 Å². The molecule has 1 spiro atoms. The highest BCUT2D eigenvalue weighted by molar-refractivity contribution is 7.92. The van der Waals surface area contributed by atoms with Gasteiger partial charge in [0.05, 0.1) is 11.5 Å². The average molecular weight is 241 g/mol. The zero-order valence-electron chi connectivity index (χ0n) is 8.55. The Kier molecular flexibility index (Phi) is 2.28. The molecule has 16 heavy (non-hydrogen) atoms. The summed E-state index contributed by atoms with van der Waals surface area (Å²) in [5.41, 5.74) is -2.27. The van der Waals surface area contributed by atoms with Crippen molar-refractivity contribution in [2.75, 3.05) is 24.6 Å². The van der Waals surface area contributed by atoms with Crippen LogP contribution < -0.4 is 0 Å². The molecule has 86 valence electrons. The van der Waals surface area contributed by atoms with Gasteiger partial charge in [-0.15, -0.1) is 0 Å². The van der Waals surface area contributed by atoms with E-state index in [4.69, 9.17) is 20.8 Å². The van der Waals surface area contributed by atoms with Crippen LogP contribution in [0, 0.1) is 26.2 Å². The monoisotopic (exact) mass is 241 g/mol. The molecule has 0 atom stereocenters. The molecule has 0 aromatic rings. The standard InChI is InChI=1S/C10H11NO4S/c1-9(2,3)15-8(12)11-4-10(5-11)6-16(13,14)7-10/h1-3H,4-7H2. The number of sulfone groups is 1. The minimum absolute atomic E-state index is 0.128. The van der Waals surface area contributed by atoms with Crippen LogP contribution in [0.2, 0.25) is 0 Å². The third-order valence-corrected chi connectivity index (χ3v) is 4.73. The summed E-state index contributed by atoms with van der Waals surface area (Å²) in [6, 6.07) is 0. The highest BCUT2D eigenvalue weighted by atomic mass is 32.2. The van der Waals surface area contributed by atoms with Crippen molar-refractivity contribution in [3.05, 3.63) is 20.8 Å². The SMILES string of the molecule is [CH]C([CH])([CH])OC(=O)N1CC2(C1)CS(=O)(=O)C2. The molecule has 2 rings (SSSR count). The van der Waals surface area contributed by atoms with Crippen LogP contribution >= 0.6 is 0 Å². The van der Waals surface area contributed by atoms with Gasteiger partial charge in [0.15, 0.2) is 9.84 Å². The van der Waals surface area contributed by atoms with E-state index in [0.717, 1.165) is 0 Å². The summed E-state index contributed by atoms with van der Waals surface area (Å²) in [7, 11) is -2.89. The Morgan fingerprint density at radius 3 is 2.12 bits per heavy atom. The molecule has 6 heteroatoms. The molecule has 0 aromatic heterocycles. The first-order valence-electron chi connectivity index (χ1n) is 4.66. The van der Waals surface area contributed by atoms with Crippen LogP contribution in [0.25, 0.3) is 0 Å². The van der Waals surface area contributed by atoms with Crippen LogP contribution in [-0.2, 0) is 14.6 Å². The summed E-state index contributed by atoms with van der Waals surface area (Å²) in [6.07, 6.45) is -0.720. The number of ether oxygens (including phenoxy) is 1. The van der Waals surface area contributed by atoms with E-state index < -0.39 is 21.5 Å². The zero-order valence-corrected chi connectivity index (χ0v) is 9.37. The van der Waals surface area contributed by atoms with Crippen molar-refractivity contribution in [2.24, 2.45) is 5.41 Å². The molecule has 0 saturated carbocycles. The Hall–Kier alpha value is -0.780. The maximum atomic E-state index is 11.3. The number of likely N-dealkylation sites (tertiary alicyclic amines) is 1. The zero-order chi connectivity index (χ0) is 12.2. The molecule has 2 saturated heterocycles. The predicted molar refractivity (Wildman–Crippen MR) is 54.8 cm³/mol. The van der Waals surface area contributed by atoms with Gasteiger partial charge in [-0.3, -0.25) is 0 Å². The number of rotatable bonds is 1. The highest BCUT2D eigenvalue weighted by Crippen LogP contribution is 2.41. The van der Waals surface area contributed by atoms with Gasteiger partial charge in [0.25, 0.3) is 0 Å². The average Bonchev–Trinajstić information content (AvgIpc) is 1.90. The minimum Gasteiger partial charge on any atom is -0.442 e. The lowest BCUT2D eigenvalue weighted by Crippen LogP contribution is -2.69. The van der Waals surface area contributed by atoms with E-state index in [9.17, 15) is 13.2 Å². The molecular formula is C10H11NO4S. The quantitative estimate of drug-likeness (QED) is 0.633. The molecule has 0 aromatic carbocycles. The number of carbonyl (C=O) groups excluding carboxylic acids is 1. The Morgan fingerprint density at radius 2 is 1.75 bits per heavy atom. The predicted octanol–water partition coefficient (Wildman–Crippen LogP) is -0.275. The fourth-order valence-corrected chi connectivity index (χ4v) is 4.33. The van der Waals surface area contributed by atoms with E-state index in [2.05, 4.69) is 4.74 Å². The number of hydrogen-bond acceptors (Lipinski definition) is 4. The summed E-state index contributed by atoms with van der Waals surface area (Å²) in [6.45, 7) is 16.0. The van der Waals surface area contributed by atoms with Crippen LogP contribution in [0.3, 0.4) is 0 Å². The Balaban J connectivity index is 1.83. The van der Waals surface area contributed by atoms with E-state index in [1.807, 2.05) is 0 Å². The highest BCUT2D eigenvalue weighted by Gasteiger charge is 2.57. The third kappa shape index (κ3) is 2.16. The molecular weight excluding hydrogens is 230 g/mol. The Morgan fingerprint density at radius 1 is 1.25 bits per heavy atom. The fourth-order valence-electron chi connectivity index (χ4n) is 2.18. The van der Waals surface area contributed by atoms with Crippen LogP contribution in [0.15, 0.2) is 0 Å². The summed E-state index contributed by atoms with van der Waals surface area (Å²) in [5, 5.41) is 0. The van der Waals surface area contributed by atoms with Gasteiger partial charge in [-0.25, -0.2) is 13.2 Å². The maximum absolute atomic E-state index is 11.3.